The normalized spacial score (nSPS) is 10.7. The van der Waals surface area contributed by atoms with Crippen LogP contribution in [0.2, 0.25) is 0 Å². The molecule has 1 N–H and O–H groups in total. The summed E-state index contributed by atoms with van der Waals surface area (Å²) in [7, 11) is 0. The van der Waals surface area contributed by atoms with Crippen LogP contribution in [0.4, 0.5) is 0 Å². The Morgan fingerprint density at radius 3 is 2.67 bits per heavy atom. The van der Waals surface area contributed by atoms with Crippen LogP contribution in [0.1, 0.15) is 42.2 Å². The van der Waals surface area contributed by atoms with E-state index in [-0.39, 0.29) is 43.1 Å². The van der Waals surface area contributed by atoms with Gasteiger partial charge in [-0.2, -0.15) is 0 Å². The highest BCUT2D eigenvalue weighted by Crippen LogP contribution is 2.10. The van der Waals surface area contributed by atoms with Gasteiger partial charge < -0.3 is 14.6 Å². The summed E-state index contributed by atoms with van der Waals surface area (Å²) in [6.45, 7) is 6.14. The Hall–Kier alpha value is -2.70. The molecule has 2 aromatic heterocycles. The molecule has 0 aliphatic rings. The number of carbonyl (C=O) groups is 2. The van der Waals surface area contributed by atoms with Gasteiger partial charge in [-0.25, -0.2) is 4.98 Å². The number of aryl methyl sites for hydroxylation is 1. The Kier molecular flexibility index (Phi) is 6.06. The molecule has 2 rings (SSSR count). The molecular weight excluding hydrogens is 308 g/mol. The first-order chi connectivity index (χ1) is 11.5. The second-order valence-electron chi connectivity index (χ2n) is 5.82. The maximum Gasteiger partial charge on any atom is 0.274 e. The molecule has 2 aromatic rings. The van der Waals surface area contributed by atoms with E-state index in [2.05, 4.69) is 15.3 Å². The molecular formula is C17H22N4O3. The Labute approximate surface area is 141 Å². The minimum Gasteiger partial charge on any atom is -0.467 e. The van der Waals surface area contributed by atoms with Crippen LogP contribution in [0.3, 0.4) is 0 Å². The van der Waals surface area contributed by atoms with Crippen molar-refractivity contribution in [2.75, 3.05) is 6.54 Å². The molecule has 0 fully saturated rings. The van der Waals surface area contributed by atoms with E-state index in [4.69, 9.17) is 4.42 Å². The van der Waals surface area contributed by atoms with E-state index in [0.717, 1.165) is 5.69 Å². The molecule has 0 aromatic carbocycles. The van der Waals surface area contributed by atoms with Crippen molar-refractivity contribution in [3.05, 3.63) is 47.9 Å². The summed E-state index contributed by atoms with van der Waals surface area (Å²) >= 11 is 0. The van der Waals surface area contributed by atoms with E-state index in [9.17, 15) is 9.59 Å². The Bertz CT molecular complexity index is 666. The van der Waals surface area contributed by atoms with Crippen molar-refractivity contribution in [1.82, 2.24) is 20.2 Å². The molecule has 0 spiro atoms. The van der Waals surface area contributed by atoms with Gasteiger partial charge in [-0.3, -0.25) is 14.6 Å². The van der Waals surface area contributed by atoms with Gasteiger partial charge in [-0.15, -0.1) is 0 Å². The predicted molar refractivity (Wildman–Crippen MR) is 88.1 cm³/mol. The quantitative estimate of drug-likeness (QED) is 0.838. The van der Waals surface area contributed by atoms with Crippen LogP contribution in [0.15, 0.2) is 35.2 Å². The fourth-order valence-corrected chi connectivity index (χ4v) is 2.14. The van der Waals surface area contributed by atoms with E-state index in [1.54, 1.807) is 31.5 Å². The largest absolute Gasteiger partial charge is 0.467 e. The Morgan fingerprint density at radius 1 is 1.29 bits per heavy atom. The molecule has 2 heterocycles. The van der Waals surface area contributed by atoms with Gasteiger partial charge in [0.05, 0.1) is 24.7 Å². The van der Waals surface area contributed by atoms with Gasteiger partial charge >= 0.3 is 0 Å². The molecule has 0 radical (unpaired) electrons. The van der Waals surface area contributed by atoms with Crippen molar-refractivity contribution in [3.8, 4) is 0 Å². The van der Waals surface area contributed by atoms with Crippen molar-refractivity contribution in [3.63, 3.8) is 0 Å². The van der Waals surface area contributed by atoms with E-state index in [0.29, 0.717) is 5.76 Å². The summed E-state index contributed by atoms with van der Waals surface area (Å²) in [4.78, 5) is 34.3. The van der Waals surface area contributed by atoms with Gasteiger partial charge in [0.25, 0.3) is 5.91 Å². The third-order valence-electron chi connectivity index (χ3n) is 3.27. The Morgan fingerprint density at radius 2 is 2.08 bits per heavy atom. The van der Waals surface area contributed by atoms with Gasteiger partial charge in [0.1, 0.15) is 11.5 Å². The average molecular weight is 330 g/mol. The first-order valence-electron chi connectivity index (χ1n) is 7.85. The molecule has 128 valence electrons. The summed E-state index contributed by atoms with van der Waals surface area (Å²) in [5.74, 6) is 0.265. The second-order valence-corrected chi connectivity index (χ2v) is 5.82. The highest BCUT2D eigenvalue weighted by Gasteiger charge is 2.20. The third kappa shape index (κ3) is 5.19. The summed E-state index contributed by atoms with van der Waals surface area (Å²) in [5.41, 5.74) is 0.983. The van der Waals surface area contributed by atoms with Gasteiger partial charge in [-0.05, 0) is 32.9 Å². The first-order valence-corrected chi connectivity index (χ1v) is 7.85. The number of hydrogen-bond acceptors (Lipinski definition) is 5. The molecule has 0 saturated carbocycles. The number of hydrogen-bond donors (Lipinski definition) is 1. The van der Waals surface area contributed by atoms with Crippen LogP contribution >= 0.6 is 0 Å². The smallest absolute Gasteiger partial charge is 0.274 e. The summed E-state index contributed by atoms with van der Waals surface area (Å²) in [5, 5.41) is 2.81. The van der Waals surface area contributed by atoms with Crippen molar-refractivity contribution in [2.24, 2.45) is 0 Å². The zero-order chi connectivity index (χ0) is 17.5. The zero-order valence-electron chi connectivity index (χ0n) is 14.2. The number of furan rings is 1. The summed E-state index contributed by atoms with van der Waals surface area (Å²) in [6.07, 6.45) is 4.75. The lowest BCUT2D eigenvalue weighted by molar-refractivity contribution is -0.121. The maximum absolute atomic E-state index is 12.7. The number of nitrogens with one attached hydrogen (secondary N) is 1. The lowest BCUT2D eigenvalue weighted by Crippen LogP contribution is -2.37. The molecule has 24 heavy (non-hydrogen) atoms. The highest BCUT2D eigenvalue weighted by molar-refractivity contribution is 5.92. The van der Waals surface area contributed by atoms with Crippen LogP contribution in [0.5, 0.6) is 0 Å². The number of carbonyl (C=O) groups excluding carboxylic acids is 2. The Balaban J connectivity index is 2.08. The number of aromatic nitrogens is 2. The zero-order valence-corrected chi connectivity index (χ0v) is 14.2. The molecule has 0 saturated heterocycles. The molecule has 7 heteroatoms. The topological polar surface area (TPSA) is 88.3 Å². The molecule has 0 unspecified atom stereocenters. The van der Waals surface area contributed by atoms with Gasteiger partial charge in [0.15, 0.2) is 0 Å². The van der Waals surface area contributed by atoms with Gasteiger partial charge in [0, 0.05) is 25.2 Å². The molecule has 0 aliphatic heterocycles. The number of amides is 2. The summed E-state index contributed by atoms with van der Waals surface area (Å²) in [6, 6.07) is 3.61. The fraction of sp³-hybridized carbons (Fsp3) is 0.412. The third-order valence-corrected chi connectivity index (χ3v) is 3.27. The molecule has 0 bridgehead atoms. The molecule has 0 aliphatic carbocycles. The number of rotatable bonds is 7. The first kappa shape index (κ1) is 17.7. The maximum atomic E-state index is 12.7. The van der Waals surface area contributed by atoms with Crippen LogP contribution < -0.4 is 5.32 Å². The highest BCUT2D eigenvalue weighted by atomic mass is 16.3. The van der Waals surface area contributed by atoms with Gasteiger partial charge in [0.2, 0.25) is 5.91 Å². The van der Waals surface area contributed by atoms with Crippen molar-refractivity contribution < 1.29 is 14.0 Å². The lowest BCUT2D eigenvalue weighted by atomic mass is 10.2. The van der Waals surface area contributed by atoms with Crippen molar-refractivity contribution in [1.29, 1.82) is 0 Å². The van der Waals surface area contributed by atoms with Crippen LogP contribution in [-0.2, 0) is 11.3 Å². The van der Waals surface area contributed by atoms with Crippen LogP contribution in [-0.4, -0.2) is 39.3 Å². The predicted octanol–water partition coefficient (Wildman–Crippen LogP) is 1.94. The standard InChI is InChI=1S/C17H22N4O3/c1-12(2)20-16(22)6-7-21(11-14-5-4-8-24-14)17(23)15-10-18-13(3)9-19-15/h4-5,8-10,12H,6-7,11H2,1-3H3,(H,20,22). The van der Waals surface area contributed by atoms with Gasteiger partial charge in [-0.1, -0.05) is 0 Å². The van der Waals surface area contributed by atoms with Crippen LogP contribution in [0, 0.1) is 6.92 Å². The SMILES string of the molecule is Cc1cnc(C(=O)N(CCC(=O)NC(C)C)Cc2ccco2)cn1. The molecule has 7 nitrogen and oxygen atoms in total. The molecule has 0 atom stereocenters. The molecule has 2 amide bonds. The minimum atomic E-state index is -0.281. The second kappa shape index (κ2) is 8.24. The summed E-state index contributed by atoms with van der Waals surface area (Å²) < 4.78 is 5.31. The van der Waals surface area contributed by atoms with Crippen LogP contribution in [0.25, 0.3) is 0 Å². The number of nitrogens with zero attached hydrogens (tertiary/aromatic N) is 3. The van der Waals surface area contributed by atoms with E-state index >= 15 is 0 Å². The van der Waals surface area contributed by atoms with Crippen molar-refractivity contribution in [2.45, 2.75) is 39.8 Å². The van der Waals surface area contributed by atoms with E-state index < -0.39 is 0 Å². The average Bonchev–Trinajstić information content (AvgIpc) is 3.04. The van der Waals surface area contributed by atoms with E-state index in [1.807, 2.05) is 13.8 Å². The minimum absolute atomic E-state index is 0.0645. The fourth-order valence-electron chi connectivity index (χ4n) is 2.14. The monoisotopic (exact) mass is 330 g/mol. The van der Waals surface area contributed by atoms with E-state index in [1.165, 1.54) is 11.1 Å². The van der Waals surface area contributed by atoms with Crippen molar-refractivity contribution >= 4 is 11.8 Å². The lowest BCUT2D eigenvalue weighted by Gasteiger charge is -2.21.